The molecule has 0 saturated carbocycles. The zero-order valence-corrected chi connectivity index (χ0v) is 13.4. The highest BCUT2D eigenvalue weighted by atomic mass is 79.9. The summed E-state index contributed by atoms with van der Waals surface area (Å²) in [6.45, 7) is 5.57. The summed E-state index contributed by atoms with van der Waals surface area (Å²) >= 11 is 3.79. The number of hydrogen-bond donors (Lipinski definition) is 0. The summed E-state index contributed by atoms with van der Waals surface area (Å²) in [5.74, 6) is -2.55. The van der Waals surface area contributed by atoms with Crippen molar-refractivity contribution in [2.45, 2.75) is 26.2 Å². The highest BCUT2D eigenvalue weighted by Gasteiger charge is 2.30. The zero-order valence-electron chi connectivity index (χ0n) is 11.0. The fourth-order valence-electron chi connectivity index (χ4n) is 1.68. The van der Waals surface area contributed by atoms with Crippen molar-refractivity contribution >= 4 is 33.2 Å². The Labute approximate surface area is 127 Å². The minimum atomic E-state index is -0.914. The van der Waals surface area contributed by atoms with E-state index in [0.29, 0.717) is 5.69 Å². The summed E-state index contributed by atoms with van der Waals surface area (Å²) in [6, 6.07) is 2.27. The molecular weight excluding hydrogens is 350 g/mol. The second-order valence-corrected chi connectivity index (χ2v) is 6.86. The van der Waals surface area contributed by atoms with Crippen LogP contribution < -0.4 is 0 Å². The lowest BCUT2D eigenvalue weighted by Gasteiger charge is -2.16. The molecular formula is C13H11BrF2N2OS. The van der Waals surface area contributed by atoms with E-state index in [9.17, 15) is 13.6 Å². The van der Waals surface area contributed by atoms with Crippen molar-refractivity contribution in [1.82, 2.24) is 9.59 Å². The van der Waals surface area contributed by atoms with Gasteiger partial charge in [0.25, 0.3) is 0 Å². The van der Waals surface area contributed by atoms with Crippen LogP contribution in [-0.2, 0) is 5.41 Å². The molecule has 3 nitrogen and oxygen atoms in total. The molecule has 0 amide bonds. The Morgan fingerprint density at radius 3 is 2.55 bits per heavy atom. The van der Waals surface area contributed by atoms with Gasteiger partial charge in [-0.05, 0) is 39.6 Å². The van der Waals surface area contributed by atoms with Crippen LogP contribution in [0, 0.1) is 11.6 Å². The molecule has 0 saturated heterocycles. The van der Waals surface area contributed by atoms with Gasteiger partial charge >= 0.3 is 0 Å². The van der Waals surface area contributed by atoms with Crippen molar-refractivity contribution in [1.29, 1.82) is 0 Å². The van der Waals surface area contributed by atoms with E-state index < -0.39 is 28.4 Å². The van der Waals surface area contributed by atoms with Crippen molar-refractivity contribution in [2.75, 3.05) is 0 Å². The Morgan fingerprint density at radius 2 is 1.95 bits per heavy atom. The molecule has 106 valence electrons. The fraction of sp³-hybridized carbons (Fsp3) is 0.308. The number of benzene rings is 1. The van der Waals surface area contributed by atoms with Gasteiger partial charge < -0.3 is 0 Å². The van der Waals surface area contributed by atoms with Gasteiger partial charge in [0.05, 0.1) is 15.7 Å². The Kier molecular flexibility index (Phi) is 4.02. The number of aromatic nitrogens is 2. The number of ketones is 1. The van der Waals surface area contributed by atoms with Gasteiger partial charge in [-0.1, -0.05) is 25.3 Å². The molecule has 1 aromatic heterocycles. The van der Waals surface area contributed by atoms with E-state index in [1.807, 2.05) is 20.8 Å². The summed E-state index contributed by atoms with van der Waals surface area (Å²) in [6.07, 6.45) is 0. The first-order valence-corrected chi connectivity index (χ1v) is 7.31. The predicted octanol–water partition coefficient (Wildman–Crippen LogP) is 4.11. The van der Waals surface area contributed by atoms with Crippen LogP contribution >= 0.6 is 27.5 Å². The molecule has 0 N–H and O–H groups in total. The average Bonchev–Trinajstić information content (AvgIpc) is 2.83. The molecule has 0 spiro atoms. The maximum absolute atomic E-state index is 14.0. The first-order valence-electron chi connectivity index (χ1n) is 5.74. The molecule has 0 aliphatic heterocycles. The molecule has 1 heterocycles. The molecule has 1 aromatic carbocycles. The quantitative estimate of drug-likeness (QED) is 0.597. The fourth-order valence-corrected chi connectivity index (χ4v) is 2.83. The van der Waals surface area contributed by atoms with E-state index >= 15 is 0 Å². The molecule has 7 heteroatoms. The summed E-state index contributed by atoms with van der Waals surface area (Å²) in [5.41, 5.74) is -0.584. The highest BCUT2D eigenvalue weighted by Crippen LogP contribution is 2.30. The Hall–Kier alpha value is -1.21. The van der Waals surface area contributed by atoms with Crippen molar-refractivity contribution in [3.05, 3.63) is 44.4 Å². The molecule has 0 aliphatic carbocycles. The lowest BCUT2D eigenvalue weighted by Crippen LogP contribution is -2.18. The maximum Gasteiger partial charge on any atom is 0.212 e. The SMILES string of the molecule is CC(C)(C)c1nnsc1C(=O)c1c(F)ccc(Br)c1F. The normalized spacial score (nSPS) is 11.7. The first kappa shape index (κ1) is 15.2. The third-order valence-electron chi connectivity index (χ3n) is 2.68. The van der Waals surface area contributed by atoms with Gasteiger partial charge in [-0.3, -0.25) is 4.79 Å². The van der Waals surface area contributed by atoms with Crippen LogP contribution in [0.2, 0.25) is 0 Å². The summed E-state index contributed by atoms with van der Waals surface area (Å²) in [7, 11) is 0. The lowest BCUT2D eigenvalue weighted by atomic mass is 9.90. The molecule has 2 aromatic rings. The molecule has 2 rings (SSSR count). The molecule has 20 heavy (non-hydrogen) atoms. The number of hydrogen-bond acceptors (Lipinski definition) is 4. The topological polar surface area (TPSA) is 42.9 Å². The van der Waals surface area contributed by atoms with Crippen LogP contribution in [-0.4, -0.2) is 15.4 Å². The Bertz CT molecular complexity index is 679. The maximum atomic E-state index is 14.0. The van der Waals surface area contributed by atoms with Crippen molar-refractivity contribution in [3.63, 3.8) is 0 Å². The van der Waals surface area contributed by atoms with E-state index in [-0.39, 0.29) is 9.35 Å². The second-order valence-electron chi connectivity index (χ2n) is 5.25. The zero-order chi connectivity index (χ0) is 15.1. The van der Waals surface area contributed by atoms with Crippen molar-refractivity contribution in [2.24, 2.45) is 0 Å². The van der Waals surface area contributed by atoms with E-state index in [1.165, 1.54) is 6.07 Å². The van der Waals surface area contributed by atoms with E-state index in [1.54, 1.807) is 0 Å². The molecule has 0 fully saturated rings. The molecule has 0 radical (unpaired) electrons. The van der Waals surface area contributed by atoms with Crippen molar-refractivity contribution in [3.8, 4) is 0 Å². The first-order chi connectivity index (χ1) is 9.23. The Balaban J connectivity index is 2.59. The number of carbonyl (C=O) groups excluding carboxylic acids is 1. The van der Waals surface area contributed by atoms with Crippen LogP contribution in [0.3, 0.4) is 0 Å². The van der Waals surface area contributed by atoms with Crippen LogP contribution in [0.5, 0.6) is 0 Å². The average molecular weight is 361 g/mol. The van der Waals surface area contributed by atoms with Gasteiger partial charge in [0.2, 0.25) is 5.78 Å². The van der Waals surface area contributed by atoms with Crippen LogP contribution in [0.1, 0.15) is 41.7 Å². The largest absolute Gasteiger partial charge is 0.287 e. The third kappa shape index (κ3) is 2.64. The van der Waals surface area contributed by atoms with E-state index in [2.05, 4.69) is 25.5 Å². The van der Waals surface area contributed by atoms with Crippen molar-refractivity contribution < 1.29 is 13.6 Å². The van der Waals surface area contributed by atoms with Crippen LogP contribution in [0.4, 0.5) is 8.78 Å². The predicted molar refractivity (Wildman–Crippen MR) is 76.1 cm³/mol. The van der Waals surface area contributed by atoms with E-state index in [0.717, 1.165) is 17.6 Å². The standard InChI is InChI=1S/C13H11BrF2N2OS/c1-13(2,3)12-11(20-18-17-12)10(19)8-7(15)5-4-6(14)9(8)16/h4-5H,1-3H3. The lowest BCUT2D eigenvalue weighted by molar-refractivity contribution is 0.103. The number of nitrogens with zero attached hydrogens (tertiary/aromatic N) is 2. The second kappa shape index (κ2) is 5.29. The minimum absolute atomic E-state index is 0.0389. The number of halogens is 3. The van der Waals surface area contributed by atoms with Gasteiger partial charge in [0, 0.05) is 5.41 Å². The minimum Gasteiger partial charge on any atom is -0.287 e. The molecule has 0 aliphatic rings. The Morgan fingerprint density at radius 1 is 1.30 bits per heavy atom. The van der Waals surface area contributed by atoms with Gasteiger partial charge in [0.1, 0.15) is 10.7 Å². The van der Waals surface area contributed by atoms with Gasteiger partial charge in [0.15, 0.2) is 5.82 Å². The van der Waals surface area contributed by atoms with Gasteiger partial charge in [-0.2, -0.15) is 0 Å². The summed E-state index contributed by atoms with van der Waals surface area (Å²) in [5, 5.41) is 3.91. The van der Waals surface area contributed by atoms with Crippen LogP contribution in [0.25, 0.3) is 0 Å². The summed E-state index contributed by atoms with van der Waals surface area (Å²) in [4.78, 5) is 12.6. The number of rotatable bonds is 2. The van der Waals surface area contributed by atoms with Gasteiger partial charge in [-0.25, -0.2) is 8.78 Å². The van der Waals surface area contributed by atoms with Crippen LogP contribution in [0.15, 0.2) is 16.6 Å². The molecule has 0 atom stereocenters. The third-order valence-corrected chi connectivity index (χ3v) is 4.01. The van der Waals surface area contributed by atoms with Gasteiger partial charge in [-0.15, -0.1) is 5.10 Å². The monoisotopic (exact) mass is 360 g/mol. The molecule has 0 bridgehead atoms. The highest BCUT2D eigenvalue weighted by molar-refractivity contribution is 9.10. The smallest absolute Gasteiger partial charge is 0.212 e. The number of carbonyl (C=O) groups is 1. The summed E-state index contributed by atoms with van der Waals surface area (Å²) < 4.78 is 31.5. The van der Waals surface area contributed by atoms with E-state index in [4.69, 9.17) is 0 Å². The molecule has 0 unspecified atom stereocenters.